The van der Waals surface area contributed by atoms with Crippen LogP contribution in [0.15, 0.2) is 30.3 Å². The molecule has 0 bridgehead atoms. The fourth-order valence-electron chi connectivity index (χ4n) is 2.73. The van der Waals surface area contributed by atoms with Gasteiger partial charge in [-0.3, -0.25) is 4.79 Å². The van der Waals surface area contributed by atoms with Crippen molar-refractivity contribution in [3.63, 3.8) is 0 Å². The molecule has 0 aliphatic rings. The van der Waals surface area contributed by atoms with E-state index in [1.165, 1.54) is 21.3 Å². The number of methoxy groups -OCH3 is 3. The Balaban J connectivity index is 1.93. The maximum absolute atomic E-state index is 12.7. The van der Waals surface area contributed by atoms with Crippen molar-refractivity contribution in [3.8, 4) is 17.2 Å². The number of benzene rings is 2. The third kappa shape index (κ3) is 3.62. The summed E-state index contributed by atoms with van der Waals surface area (Å²) in [5.74, 6) is 1.11. The van der Waals surface area contributed by atoms with Crippen LogP contribution in [0, 0.1) is 13.8 Å². The van der Waals surface area contributed by atoms with E-state index in [-0.39, 0.29) is 5.91 Å². The zero-order valence-corrected chi connectivity index (χ0v) is 15.9. The molecular formula is C20H21N3O4. The Bertz CT molecular complexity index is 993. The van der Waals surface area contributed by atoms with Gasteiger partial charge in [-0.25, -0.2) is 9.97 Å². The molecule has 0 atom stereocenters. The SMILES string of the molecule is COc1cc(NC(=O)c2ccc3nc(C)c(C)nc3c2)cc(OC)c1OC. The first kappa shape index (κ1) is 18.4. The third-order valence-corrected chi connectivity index (χ3v) is 4.26. The molecule has 1 amide bonds. The van der Waals surface area contributed by atoms with Crippen molar-refractivity contribution in [2.75, 3.05) is 26.6 Å². The monoisotopic (exact) mass is 367 g/mol. The number of carbonyl (C=O) groups is 1. The van der Waals surface area contributed by atoms with Crippen LogP contribution in [0.3, 0.4) is 0 Å². The van der Waals surface area contributed by atoms with Crippen molar-refractivity contribution in [1.29, 1.82) is 0 Å². The molecule has 0 aliphatic heterocycles. The predicted octanol–water partition coefficient (Wildman–Crippen LogP) is 3.52. The Hall–Kier alpha value is -3.35. The van der Waals surface area contributed by atoms with Crippen molar-refractivity contribution >= 4 is 22.6 Å². The summed E-state index contributed by atoms with van der Waals surface area (Å²) >= 11 is 0. The first-order chi connectivity index (χ1) is 13.0. The van der Waals surface area contributed by atoms with Crippen LogP contribution in [0.4, 0.5) is 5.69 Å². The van der Waals surface area contributed by atoms with Crippen LogP contribution < -0.4 is 19.5 Å². The first-order valence-electron chi connectivity index (χ1n) is 8.33. The number of rotatable bonds is 5. The molecule has 1 aromatic heterocycles. The molecule has 3 aromatic rings. The lowest BCUT2D eigenvalue weighted by Crippen LogP contribution is -2.12. The van der Waals surface area contributed by atoms with Crippen molar-refractivity contribution in [1.82, 2.24) is 9.97 Å². The molecule has 0 spiro atoms. The van der Waals surface area contributed by atoms with E-state index in [4.69, 9.17) is 14.2 Å². The third-order valence-electron chi connectivity index (χ3n) is 4.26. The molecule has 0 aliphatic carbocycles. The van der Waals surface area contributed by atoms with Crippen LogP contribution in [0.2, 0.25) is 0 Å². The van der Waals surface area contributed by atoms with Gasteiger partial charge in [0.25, 0.3) is 5.91 Å². The Morgan fingerprint density at radius 3 is 2.00 bits per heavy atom. The lowest BCUT2D eigenvalue weighted by Gasteiger charge is -2.14. The molecular weight excluding hydrogens is 346 g/mol. The van der Waals surface area contributed by atoms with Crippen LogP contribution in [0.5, 0.6) is 17.2 Å². The number of amides is 1. The number of aryl methyl sites for hydroxylation is 2. The second-order valence-corrected chi connectivity index (χ2v) is 5.97. The molecule has 0 radical (unpaired) electrons. The minimum atomic E-state index is -0.272. The highest BCUT2D eigenvalue weighted by Gasteiger charge is 2.15. The number of hydrogen-bond donors (Lipinski definition) is 1. The number of nitrogens with zero attached hydrogens (tertiary/aromatic N) is 2. The average Bonchev–Trinajstić information content (AvgIpc) is 2.67. The van der Waals surface area contributed by atoms with E-state index < -0.39 is 0 Å². The van der Waals surface area contributed by atoms with E-state index in [1.807, 2.05) is 13.8 Å². The maximum atomic E-state index is 12.7. The number of nitrogens with one attached hydrogen (secondary N) is 1. The van der Waals surface area contributed by atoms with Crippen molar-refractivity contribution in [2.24, 2.45) is 0 Å². The lowest BCUT2D eigenvalue weighted by molar-refractivity contribution is 0.102. The number of anilines is 1. The number of hydrogen-bond acceptors (Lipinski definition) is 6. The number of aromatic nitrogens is 2. The van der Waals surface area contributed by atoms with Crippen molar-refractivity contribution < 1.29 is 19.0 Å². The zero-order valence-electron chi connectivity index (χ0n) is 15.9. The van der Waals surface area contributed by atoms with E-state index in [0.717, 1.165) is 16.9 Å². The summed E-state index contributed by atoms with van der Waals surface area (Å²) in [6, 6.07) is 8.58. The summed E-state index contributed by atoms with van der Waals surface area (Å²) in [4.78, 5) is 21.7. The van der Waals surface area contributed by atoms with Crippen molar-refractivity contribution in [3.05, 3.63) is 47.3 Å². The minimum Gasteiger partial charge on any atom is -0.493 e. The van der Waals surface area contributed by atoms with Crippen LogP contribution in [-0.4, -0.2) is 37.2 Å². The summed E-state index contributed by atoms with van der Waals surface area (Å²) in [6.45, 7) is 3.80. The normalized spacial score (nSPS) is 10.6. The molecule has 0 unspecified atom stereocenters. The molecule has 27 heavy (non-hydrogen) atoms. The second-order valence-electron chi connectivity index (χ2n) is 5.97. The van der Waals surface area contributed by atoms with Gasteiger partial charge in [0.2, 0.25) is 5.75 Å². The second kappa shape index (κ2) is 7.49. The molecule has 1 heterocycles. The highest BCUT2D eigenvalue weighted by atomic mass is 16.5. The molecule has 0 fully saturated rings. The van der Waals surface area contributed by atoms with E-state index in [1.54, 1.807) is 30.3 Å². The Morgan fingerprint density at radius 1 is 0.852 bits per heavy atom. The molecule has 0 saturated carbocycles. The van der Waals surface area contributed by atoms with Crippen LogP contribution in [0.25, 0.3) is 11.0 Å². The van der Waals surface area contributed by atoms with Crippen molar-refractivity contribution in [2.45, 2.75) is 13.8 Å². The van der Waals surface area contributed by atoms with Gasteiger partial charge in [0.05, 0.1) is 43.8 Å². The van der Waals surface area contributed by atoms with Gasteiger partial charge >= 0.3 is 0 Å². The summed E-state index contributed by atoms with van der Waals surface area (Å²) in [5.41, 5.74) is 4.15. The number of fused-ring (bicyclic) bond motifs is 1. The highest BCUT2D eigenvalue weighted by Crippen LogP contribution is 2.40. The van der Waals surface area contributed by atoms with Crippen LogP contribution in [-0.2, 0) is 0 Å². The zero-order chi connectivity index (χ0) is 19.6. The minimum absolute atomic E-state index is 0.272. The highest BCUT2D eigenvalue weighted by molar-refractivity contribution is 6.06. The largest absolute Gasteiger partial charge is 0.493 e. The summed E-state index contributed by atoms with van der Waals surface area (Å²) in [7, 11) is 4.57. The van der Waals surface area contributed by atoms with Crippen LogP contribution in [0.1, 0.15) is 21.7 Å². The summed E-state index contributed by atoms with van der Waals surface area (Å²) in [5, 5.41) is 2.85. The number of ether oxygens (including phenoxy) is 3. The van der Waals surface area contributed by atoms with Gasteiger partial charge in [0, 0.05) is 23.4 Å². The van der Waals surface area contributed by atoms with Gasteiger partial charge in [0.1, 0.15) is 0 Å². The lowest BCUT2D eigenvalue weighted by atomic mass is 10.1. The van der Waals surface area contributed by atoms with Gasteiger partial charge in [-0.1, -0.05) is 0 Å². The van der Waals surface area contributed by atoms with Gasteiger partial charge in [-0.2, -0.15) is 0 Å². The van der Waals surface area contributed by atoms with Gasteiger partial charge in [0.15, 0.2) is 11.5 Å². The molecule has 7 heteroatoms. The fourth-order valence-corrected chi connectivity index (χ4v) is 2.73. The van der Waals surface area contributed by atoms with E-state index >= 15 is 0 Å². The molecule has 140 valence electrons. The van der Waals surface area contributed by atoms with E-state index in [2.05, 4.69) is 15.3 Å². The molecule has 7 nitrogen and oxygen atoms in total. The predicted molar refractivity (Wildman–Crippen MR) is 103 cm³/mol. The quantitative estimate of drug-likeness (QED) is 0.743. The standard InChI is InChI=1S/C20H21N3O4/c1-11-12(2)22-16-8-13(6-7-15(16)21-11)20(24)23-14-9-17(25-3)19(27-5)18(10-14)26-4/h6-10H,1-5H3,(H,23,24). The summed E-state index contributed by atoms with van der Waals surface area (Å²) < 4.78 is 15.9. The topological polar surface area (TPSA) is 82.6 Å². The fraction of sp³-hybridized carbons (Fsp3) is 0.250. The van der Waals surface area contributed by atoms with Gasteiger partial charge in [-0.05, 0) is 32.0 Å². The van der Waals surface area contributed by atoms with Gasteiger partial charge in [-0.15, -0.1) is 0 Å². The maximum Gasteiger partial charge on any atom is 0.255 e. The van der Waals surface area contributed by atoms with Gasteiger partial charge < -0.3 is 19.5 Å². The molecule has 0 saturated heterocycles. The van der Waals surface area contributed by atoms with E-state index in [0.29, 0.717) is 34.0 Å². The Labute approximate surface area is 157 Å². The smallest absolute Gasteiger partial charge is 0.255 e. The first-order valence-corrected chi connectivity index (χ1v) is 8.33. The summed E-state index contributed by atoms with van der Waals surface area (Å²) in [6.07, 6.45) is 0. The molecule has 1 N–H and O–H groups in total. The average molecular weight is 367 g/mol. The molecule has 2 aromatic carbocycles. The Morgan fingerprint density at radius 2 is 1.44 bits per heavy atom. The van der Waals surface area contributed by atoms with E-state index in [9.17, 15) is 4.79 Å². The molecule has 3 rings (SSSR count). The Kier molecular flexibility index (Phi) is 5.12. The van der Waals surface area contributed by atoms with Crippen LogP contribution >= 0.6 is 0 Å². The number of carbonyl (C=O) groups excluding carboxylic acids is 1.